The highest BCUT2D eigenvalue weighted by atomic mass is 16.7. The number of carbonyl (C=O) groups excluding carboxylic acids is 2. The molecule has 0 saturated carbocycles. The number of carbonyl (C=O) groups is 3. The standard InChI is InChI=1S/C29H45N3O7/c1-6-8-10-13-31(12-9-7-2)26(34)18-32-17-22(21-15-24(37-5)28-25(16-21)38-19-39-28)27(29(35)36)23(32)11-14-30(4)20(3)33/h15-16,22-23,27H,6-14,17-19H2,1-5H3,(H,35,36)/t22-,23+,27?/m1/s1. The number of likely N-dealkylation sites (tertiary alicyclic amines) is 1. The van der Waals surface area contributed by atoms with Gasteiger partial charge in [0.1, 0.15) is 0 Å². The highest BCUT2D eigenvalue weighted by molar-refractivity contribution is 5.79. The van der Waals surface area contributed by atoms with E-state index in [4.69, 9.17) is 14.2 Å². The van der Waals surface area contributed by atoms with Gasteiger partial charge in [-0.25, -0.2) is 0 Å². The summed E-state index contributed by atoms with van der Waals surface area (Å²) in [4.78, 5) is 43.8. The number of methoxy groups -OCH3 is 1. The minimum atomic E-state index is -0.923. The monoisotopic (exact) mass is 547 g/mol. The molecule has 3 atom stereocenters. The molecule has 1 aromatic carbocycles. The SMILES string of the molecule is CCCCCN(CCCC)C(=O)CN1C[C@H](c2cc(OC)c3c(c2)OCO3)C(C(=O)O)[C@@H]1CCN(C)C(C)=O. The molecule has 1 unspecified atom stereocenters. The number of fused-ring (bicyclic) bond motifs is 1. The Morgan fingerprint density at radius 3 is 2.44 bits per heavy atom. The lowest BCUT2D eigenvalue weighted by atomic mass is 9.84. The van der Waals surface area contributed by atoms with E-state index in [1.807, 2.05) is 21.9 Å². The highest BCUT2D eigenvalue weighted by Crippen LogP contribution is 2.47. The predicted molar refractivity (Wildman–Crippen MR) is 147 cm³/mol. The maximum Gasteiger partial charge on any atom is 0.308 e. The Hall–Kier alpha value is -3.01. The topological polar surface area (TPSA) is 109 Å². The van der Waals surface area contributed by atoms with Crippen molar-refractivity contribution in [3.05, 3.63) is 17.7 Å². The molecule has 0 aromatic heterocycles. The third kappa shape index (κ3) is 7.56. The molecule has 0 bridgehead atoms. The molecule has 0 spiro atoms. The zero-order valence-corrected chi connectivity index (χ0v) is 24.1. The Bertz CT molecular complexity index is 1000. The van der Waals surface area contributed by atoms with Crippen LogP contribution in [0, 0.1) is 5.92 Å². The van der Waals surface area contributed by atoms with Gasteiger partial charge in [-0.15, -0.1) is 0 Å². The van der Waals surface area contributed by atoms with Gasteiger partial charge in [-0.1, -0.05) is 33.1 Å². The number of aliphatic carboxylic acids is 1. The number of unbranched alkanes of at least 4 members (excludes halogenated alkanes) is 3. The average Bonchev–Trinajstić information content (AvgIpc) is 3.53. The number of amides is 2. The second-order valence-corrected chi connectivity index (χ2v) is 10.6. The van der Waals surface area contributed by atoms with E-state index in [0.717, 1.165) is 37.7 Å². The van der Waals surface area contributed by atoms with Crippen LogP contribution in [0.1, 0.15) is 70.8 Å². The van der Waals surface area contributed by atoms with Crippen molar-refractivity contribution >= 4 is 17.8 Å². The molecule has 0 aliphatic carbocycles. The van der Waals surface area contributed by atoms with E-state index in [9.17, 15) is 19.5 Å². The maximum atomic E-state index is 13.6. The van der Waals surface area contributed by atoms with E-state index in [0.29, 0.717) is 49.8 Å². The minimum Gasteiger partial charge on any atom is -0.493 e. The normalized spacial score (nSPS) is 20.2. The van der Waals surface area contributed by atoms with E-state index in [1.54, 1.807) is 19.1 Å². The summed E-state index contributed by atoms with van der Waals surface area (Å²) in [7, 11) is 3.25. The fraction of sp³-hybridized carbons (Fsp3) is 0.690. The summed E-state index contributed by atoms with van der Waals surface area (Å²) in [6.07, 6.45) is 5.47. The van der Waals surface area contributed by atoms with Crippen LogP contribution in [0.15, 0.2) is 12.1 Å². The van der Waals surface area contributed by atoms with E-state index in [2.05, 4.69) is 13.8 Å². The number of hydrogen-bond acceptors (Lipinski definition) is 7. The predicted octanol–water partition coefficient (Wildman–Crippen LogP) is 3.58. The number of ether oxygens (including phenoxy) is 3. The van der Waals surface area contributed by atoms with E-state index >= 15 is 0 Å². The molecule has 10 heteroatoms. The molecule has 1 aromatic rings. The first-order valence-corrected chi connectivity index (χ1v) is 14.2. The van der Waals surface area contributed by atoms with Gasteiger partial charge in [0, 0.05) is 52.1 Å². The van der Waals surface area contributed by atoms with Crippen LogP contribution in [0.5, 0.6) is 17.2 Å². The van der Waals surface area contributed by atoms with Gasteiger partial charge in [-0.2, -0.15) is 0 Å². The Labute approximate surface area is 232 Å². The van der Waals surface area contributed by atoms with Gasteiger partial charge in [0.15, 0.2) is 11.5 Å². The molecule has 1 fully saturated rings. The molecule has 0 radical (unpaired) electrons. The summed E-state index contributed by atoms with van der Waals surface area (Å²) >= 11 is 0. The molecule has 2 amide bonds. The molecule has 2 aliphatic heterocycles. The molecular formula is C29H45N3O7. The first-order valence-electron chi connectivity index (χ1n) is 14.2. The van der Waals surface area contributed by atoms with Crippen LogP contribution >= 0.6 is 0 Å². The van der Waals surface area contributed by atoms with Crippen molar-refractivity contribution in [1.29, 1.82) is 0 Å². The van der Waals surface area contributed by atoms with Crippen molar-refractivity contribution in [2.45, 2.75) is 71.3 Å². The van der Waals surface area contributed by atoms with Crippen LogP contribution in [-0.2, 0) is 14.4 Å². The van der Waals surface area contributed by atoms with Crippen LogP contribution < -0.4 is 14.2 Å². The van der Waals surface area contributed by atoms with Crippen LogP contribution in [0.2, 0.25) is 0 Å². The molecule has 2 heterocycles. The molecule has 1 saturated heterocycles. The third-order valence-electron chi connectivity index (χ3n) is 7.94. The summed E-state index contributed by atoms with van der Waals surface area (Å²) in [6.45, 7) is 8.19. The van der Waals surface area contributed by atoms with Crippen molar-refractivity contribution in [2.24, 2.45) is 5.92 Å². The van der Waals surface area contributed by atoms with E-state index < -0.39 is 23.8 Å². The Balaban J connectivity index is 1.91. The average molecular weight is 548 g/mol. The zero-order valence-electron chi connectivity index (χ0n) is 24.1. The van der Waals surface area contributed by atoms with Crippen molar-refractivity contribution in [1.82, 2.24) is 14.7 Å². The molecule has 3 rings (SSSR count). The summed E-state index contributed by atoms with van der Waals surface area (Å²) in [5, 5.41) is 10.4. The molecular weight excluding hydrogens is 502 g/mol. The van der Waals surface area contributed by atoms with Crippen LogP contribution in [0.3, 0.4) is 0 Å². The Kier molecular flexibility index (Phi) is 11.3. The second-order valence-electron chi connectivity index (χ2n) is 10.6. The first kappa shape index (κ1) is 30.5. The van der Waals surface area contributed by atoms with Crippen molar-refractivity contribution in [3.63, 3.8) is 0 Å². The van der Waals surface area contributed by atoms with Crippen LogP contribution in [0.4, 0.5) is 0 Å². The van der Waals surface area contributed by atoms with Crippen molar-refractivity contribution < 1.29 is 33.7 Å². The quantitative estimate of drug-likeness (QED) is 0.332. The number of nitrogens with zero attached hydrogens (tertiary/aromatic N) is 3. The number of carboxylic acids is 1. The maximum absolute atomic E-state index is 13.6. The summed E-state index contributed by atoms with van der Waals surface area (Å²) in [5.41, 5.74) is 0.772. The lowest BCUT2D eigenvalue weighted by molar-refractivity contribution is -0.144. The molecule has 2 aliphatic rings. The van der Waals surface area contributed by atoms with Crippen molar-refractivity contribution in [2.75, 3.05) is 53.7 Å². The molecule has 39 heavy (non-hydrogen) atoms. The lowest BCUT2D eigenvalue weighted by Crippen LogP contribution is -2.45. The lowest BCUT2D eigenvalue weighted by Gasteiger charge is -2.30. The molecule has 10 nitrogen and oxygen atoms in total. The van der Waals surface area contributed by atoms with E-state index in [-0.39, 0.29) is 25.2 Å². The van der Waals surface area contributed by atoms with Crippen LogP contribution in [-0.4, -0.2) is 97.3 Å². The van der Waals surface area contributed by atoms with Gasteiger partial charge >= 0.3 is 5.97 Å². The third-order valence-corrected chi connectivity index (χ3v) is 7.94. The fourth-order valence-electron chi connectivity index (χ4n) is 5.57. The van der Waals surface area contributed by atoms with Gasteiger partial charge in [0.05, 0.1) is 19.6 Å². The second kappa shape index (κ2) is 14.4. The summed E-state index contributed by atoms with van der Waals surface area (Å²) < 4.78 is 16.7. The van der Waals surface area contributed by atoms with Gasteiger partial charge in [0.2, 0.25) is 24.4 Å². The van der Waals surface area contributed by atoms with E-state index in [1.165, 1.54) is 6.92 Å². The highest BCUT2D eigenvalue weighted by Gasteiger charge is 2.47. The number of hydrogen-bond donors (Lipinski definition) is 1. The van der Waals surface area contributed by atoms with Crippen LogP contribution in [0.25, 0.3) is 0 Å². The molecule has 218 valence electrons. The fourth-order valence-corrected chi connectivity index (χ4v) is 5.57. The zero-order chi connectivity index (χ0) is 28.5. The van der Waals surface area contributed by atoms with Gasteiger partial charge in [-0.05, 0) is 37.0 Å². The Morgan fingerprint density at radius 1 is 1.08 bits per heavy atom. The minimum absolute atomic E-state index is 0.0255. The summed E-state index contributed by atoms with van der Waals surface area (Å²) in [5.74, 6) is -0.614. The number of rotatable bonds is 15. The molecule has 1 N–H and O–H groups in total. The van der Waals surface area contributed by atoms with Gasteiger partial charge < -0.3 is 29.1 Å². The summed E-state index contributed by atoms with van der Waals surface area (Å²) in [6, 6.07) is 3.22. The van der Waals surface area contributed by atoms with Gasteiger partial charge in [-0.3, -0.25) is 19.3 Å². The number of carboxylic acid groups (broad SMARTS) is 1. The number of benzene rings is 1. The largest absolute Gasteiger partial charge is 0.493 e. The van der Waals surface area contributed by atoms with Crippen molar-refractivity contribution in [3.8, 4) is 17.2 Å². The smallest absolute Gasteiger partial charge is 0.308 e. The Morgan fingerprint density at radius 2 is 1.79 bits per heavy atom. The van der Waals surface area contributed by atoms with Gasteiger partial charge in [0.25, 0.3) is 0 Å². The first-order chi connectivity index (χ1) is 18.7.